The molecule has 9 nitrogen and oxygen atoms in total. The van der Waals surface area contributed by atoms with E-state index in [1.165, 1.54) is 302 Å². The maximum Gasteiger partial charge on any atom is 0.306 e. The summed E-state index contributed by atoms with van der Waals surface area (Å²) in [7, 11) is 1.20. The van der Waals surface area contributed by atoms with E-state index in [0.29, 0.717) is 17.4 Å². The lowest BCUT2D eigenvalue weighted by Crippen LogP contribution is -2.47. The Labute approximate surface area is 560 Å². The van der Waals surface area contributed by atoms with Crippen LogP contribution in [0.25, 0.3) is 0 Å². The Morgan fingerprint density at radius 2 is 0.678 bits per heavy atom. The van der Waals surface area contributed by atoms with Gasteiger partial charge in [-0.1, -0.05) is 346 Å². The van der Waals surface area contributed by atoms with Crippen LogP contribution in [0.15, 0.2) is 48.6 Å². The third-order valence-electron chi connectivity index (χ3n) is 18.0. The van der Waals surface area contributed by atoms with E-state index in [0.717, 1.165) is 64.2 Å². The van der Waals surface area contributed by atoms with Crippen molar-refractivity contribution >= 4 is 19.7 Å². The molecule has 0 aromatic rings. The number of nitrogens with one attached hydrogen (secondary N) is 1. The van der Waals surface area contributed by atoms with Gasteiger partial charge >= 0.3 is 5.97 Å². The van der Waals surface area contributed by atoms with Crippen molar-refractivity contribution in [2.24, 2.45) is 0 Å². The van der Waals surface area contributed by atoms with Gasteiger partial charge in [0.1, 0.15) is 19.3 Å². The van der Waals surface area contributed by atoms with Gasteiger partial charge < -0.3 is 28.5 Å². The lowest BCUT2D eigenvalue weighted by molar-refractivity contribution is -0.870. The first-order valence-electron chi connectivity index (χ1n) is 39.4. The fraction of sp³-hybridized carbons (Fsp3) is 0.875. The number of esters is 1. The van der Waals surface area contributed by atoms with Gasteiger partial charge in [0, 0.05) is 12.8 Å². The number of rotatable bonds is 73. The van der Waals surface area contributed by atoms with Gasteiger partial charge in [-0.3, -0.25) is 14.2 Å². The first kappa shape index (κ1) is 88.0. The van der Waals surface area contributed by atoms with Crippen LogP contribution in [0, 0.1) is 0 Å². The second-order valence-electron chi connectivity index (χ2n) is 28.2. The summed E-state index contributed by atoms with van der Waals surface area (Å²) in [6.07, 6.45) is 89.7. The predicted octanol–water partition coefficient (Wildman–Crippen LogP) is 24.9. The number of unbranched alkanes of at least 4 members (excludes halogenated alkanes) is 51. The number of carbonyl (C=O) groups is 2. The Kier molecular flexibility index (Phi) is 68.2. The standard InChI is InChI=1S/C80H153N2O7P/c1-7-10-13-16-19-22-25-28-30-32-34-36-38-40-41-43-45-47-49-51-53-55-58-61-64-67-70-73-80(84)89-78(71-68-65-62-59-56-27-24-21-18-15-12-9-3)77(76-88-90(85,86)87-75-74-82(4,5)6)81-79(83)72-69-66-63-60-57-54-52-50-48-46-44-42-39-37-35-33-31-29-26-23-20-17-14-11-8-2/h20,23,28-31,68,71,77-78H,7-19,21-22,24-27,32-67,69-70,72-76H2,1-6H3,(H-,81,83,85,86)/b23-20-,30-28+,31-29-,71-68+. The van der Waals surface area contributed by atoms with Gasteiger partial charge in [0.2, 0.25) is 5.91 Å². The van der Waals surface area contributed by atoms with Crippen molar-refractivity contribution in [2.45, 2.75) is 412 Å². The molecule has 0 rings (SSSR count). The first-order valence-corrected chi connectivity index (χ1v) is 40.9. The fourth-order valence-electron chi connectivity index (χ4n) is 11.9. The average Bonchev–Trinajstić information content (AvgIpc) is 3.11. The number of hydrogen-bond donors (Lipinski definition) is 1. The molecular formula is C80H153N2O7P. The second kappa shape index (κ2) is 69.8. The van der Waals surface area contributed by atoms with E-state index in [4.69, 9.17) is 13.8 Å². The summed E-state index contributed by atoms with van der Waals surface area (Å²) in [5, 5.41) is 3.06. The van der Waals surface area contributed by atoms with Crippen molar-refractivity contribution in [3.05, 3.63) is 48.6 Å². The molecule has 0 aliphatic carbocycles. The maximum absolute atomic E-state index is 13.6. The van der Waals surface area contributed by atoms with Gasteiger partial charge in [0.15, 0.2) is 0 Å². The molecule has 1 N–H and O–H groups in total. The Bertz CT molecular complexity index is 1680. The second-order valence-corrected chi connectivity index (χ2v) is 29.6. The number of quaternary nitrogens is 1. The molecule has 530 valence electrons. The van der Waals surface area contributed by atoms with Crippen LogP contribution in [0.4, 0.5) is 0 Å². The lowest BCUT2D eigenvalue weighted by atomic mass is 10.0. The summed E-state index contributed by atoms with van der Waals surface area (Å²) < 4.78 is 30.5. The van der Waals surface area contributed by atoms with Crippen LogP contribution < -0.4 is 10.2 Å². The van der Waals surface area contributed by atoms with E-state index >= 15 is 0 Å². The normalized spacial score (nSPS) is 13.6. The van der Waals surface area contributed by atoms with Crippen molar-refractivity contribution in [3.8, 4) is 0 Å². The summed E-state index contributed by atoms with van der Waals surface area (Å²) in [6.45, 7) is 6.88. The van der Waals surface area contributed by atoms with E-state index in [1.807, 2.05) is 33.3 Å². The highest BCUT2D eigenvalue weighted by atomic mass is 31.2. The number of ether oxygens (including phenoxy) is 1. The highest BCUT2D eigenvalue weighted by Gasteiger charge is 2.27. The first-order chi connectivity index (χ1) is 43.9. The van der Waals surface area contributed by atoms with E-state index in [9.17, 15) is 19.0 Å². The third kappa shape index (κ3) is 70.3. The van der Waals surface area contributed by atoms with Crippen LogP contribution in [-0.4, -0.2) is 69.4 Å². The molecule has 10 heteroatoms. The molecule has 90 heavy (non-hydrogen) atoms. The molecule has 3 unspecified atom stereocenters. The van der Waals surface area contributed by atoms with Crippen LogP contribution in [0.2, 0.25) is 0 Å². The Morgan fingerprint density at radius 1 is 0.389 bits per heavy atom. The molecule has 0 radical (unpaired) electrons. The molecule has 0 bridgehead atoms. The zero-order valence-electron chi connectivity index (χ0n) is 60.9. The maximum atomic E-state index is 13.6. The van der Waals surface area contributed by atoms with Crippen molar-refractivity contribution in [1.82, 2.24) is 5.32 Å². The number of nitrogens with zero attached hydrogens (tertiary/aromatic N) is 1. The Morgan fingerprint density at radius 3 is 1.03 bits per heavy atom. The SMILES string of the molecule is CCCCC/C=C\C/C=C\CCCCCCCCCCCCCCCCCC(=O)NC(COP(=O)([O-])OCC[N+](C)(C)C)C(/C=C/CCCCCCCCCCCC)OC(=O)CCCCCCCCCCCCCCCCCCC/C=C/CCCCCCCC. The van der Waals surface area contributed by atoms with Gasteiger partial charge in [-0.2, -0.15) is 0 Å². The van der Waals surface area contributed by atoms with Crippen LogP contribution in [-0.2, 0) is 27.9 Å². The van der Waals surface area contributed by atoms with Crippen molar-refractivity contribution in [2.75, 3.05) is 40.9 Å². The minimum absolute atomic E-state index is 0.0199. The predicted molar refractivity (Wildman–Crippen MR) is 390 cm³/mol. The Hall–Kier alpha value is -2.03. The van der Waals surface area contributed by atoms with Crippen LogP contribution >= 0.6 is 7.82 Å². The van der Waals surface area contributed by atoms with Gasteiger partial charge in [-0.25, -0.2) is 0 Å². The average molecular weight is 1290 g/mol. The number of likely N-dealkylation sites (N-methyl/N-ethyl adjacent to an activating group) is 1. The monoisotopic (exact) mass is 1290 g/mol. The molecule has 0 aliphatic rings. The summed E-state index contributed by atoms with van der Waals surface area (Å²) >= 11 is 0. The van der Waals surface area contributed by atoms with Crippen LogP contribution in [0.5, 0.6) is 0 Å². The zero-order valence-corrected chi connectivity index (χ0v) is 61.8. The van der Waals surface area contributed by atoms with Crippen molar-refractivity contribution < 1.29 is 37.3 Å². The summed E-state index contributed by atoms with van der Waals surface area (Å²) in [5.74, 6) is -0.519. The number of allylic oxidation sites excluding steroid dienone is 7. The van der Waals surface area contributed by atoms with E-state index in [1.54, 1.807) is 0 Å². The lowest BCUT2D eigenvalue weighted by Gasteiger charge is -2.30. The van der Waals surface area contributed by atoms with Gasteiger partial charge in [0.25, 0.3) is 7.82 Å². The molecule has 3 atom stereocenters. The number of hydrogen-bond acceptors (Lipinski definition) is 7. The minimum Gasteiger partial charge on any atom is -0.756 e. The molecule has 0 heterocycles. The highest BCUT2D eigenvalue weighted by molar-refractivity contribution is 7.45. The molecule has 0 fully saturated rings. The van der Waals surface area contributed by atoms with E-state index < -0.39 is 20.0 Å². The van der Waals surface area contributed by atoms with Gasteiger partial charge in [-0.15, -0.1) is 0 Å². The summed E-state index contributed by atoms with van der Waals surface area (Å²) in [5.41, 5.74) is 0. The van der Waals surface area contributed by atoms with Crippen LogP contribution in [0.1, 0.15) is 400 Å². The Balaban J connectivity index is 4.90. The van der Waals surface area contributed by atoms with Gasteiger partial charge in [0.05, 0.1) is 33.8 Å². The third-order valence-corrected chi connectivity index (χ3v) is 18.9. The zero-order chi connectivity index (χ0) is 65.6. The number of carbonyl (C=O) groups excluding carboxylic acids is 2. The largest absolute Gasteiger partial charge is 0.756 e. The molecule has 0 saturated carbocycles. The van der Waals surface area contributed by atoms with Crippen molar-refractivity contribution in [3.63, 3.8) is 0 Å². The van der Waals surface area contributed by atoms with Crippen LogP contribution in [0.3, 0.4) is 0 Å². The van der Waals surface area contributed by atoms with E-state index in [-0.39, 0.29) is 31.5 Å². The molecule has 0 aromatic heterocycles. The van der Waals surface area contributed by atoms with Crippen molar-refractivity contribution in [1.29, 1.82) is 0 Å². The topological polar surface area (TPSA) is 114 Å². The molecule has 0 saturated heterocycles. The minimum atomic E-state index is -4.71. The van der Waals surface area contributed by atoms with Gasteiger partial charge in [-0.05, 0) is 89.5 Å². The number of amides is 1. The number of phosphoric ester groups is 1. The quantitative estimate of drug-likeness (QED) is 0.0212. The van der Waals surface area contributed by atoms with E-state index in [2.05, 4.69) is 62.5 Å². The smallest absolute Gasteiger partial charge is 0.306 e. The summed E-state index contributed by atoms with van der Waals surface area (Å²) in [4.78, 5) is 40.3. The molecule has 1 amide bonds. The molecular weight excluding hydrogens is 1130 g/mol. The summed E-state index contributed by atoms with van der Waals surface area (Å²) in [6, 6.07) is -0.887. The highest BCUT2D eigenvalue weighted by Crippen LogP contribution is 2.38. The molecule has 0 aliphatic heterocycles. The number of phosphoric acid groups is 1. The molecule has 0 spiro atoms. The molecule has 0 aromatic carbocycles. The fourth-order valence-corrected chi connectivity index (χ4v) is 12.6.